The van der Waals surface area contributed by atoms with Crippen LogP contribution < -0.4 is 10.1 Å². The molecule has 0 bridgehead atoms. The maximum Gasteiger partial charge on any atom is 0.227 e. The number of rotatable bonds is 6. The van der Waals surface area contributed by atoms with Crippen molar-refractivity contribution in [3.63, 3.8) is 0 Å². The SMILES string of the molecule is CC(C)Oc1ccccc1NC(=O)C1CCN(C(=O)Cc2cccc(F)c2)CC1. The van der Waals surface area contributed by atoms with Crippen LogP contribution in [0.2, 0.25) is 0 Å². The van der Waals surface area contributed by atoms with Gasteiger partial charge in [-0.05, 0) is 56.5 Å². The molecule has 1 saturated heterocycles. The molecule has 1 aliphatic heterocycles. The number of carbonyl (C=O) groups excluding carboxylic acids is 2. The molecule has 1 aliphatic rings. The first-order valence-electron chi connectivity index (χ1n) is 10.0. The molecule has 6 heteroatoms. The summed E-state index contributed by atoms with van der Waals surface area (Å²) in [5, 5.41) is 2.97. The summed E-state index contributed by atoms with van der Waals surface area (Å²) in [7, 11) is 0. The van der Waals surface area contributed by atoms with Crippen molar-refractivity contribution in [1.82, 2.24) is 4.90 Å². The molecule has 0 aromatic heterocycles. The van der Waals surface area contributed by atoms with Gasteiger partial charge < -0.3 is 15.0 Å². The first kappa shape index (κ1) is 20.8. The van der Waals surface area contributed by atoms with Crippen molar-refractivity contribution in [2.45, 2.75) is 39.2 Å². The van der Waals surface area contributed by atoms with E-state index in [0.717, 1.165) is 0 Å². The van der Waals surface area contributed by atoms with Gasteiger partial charge in [0.25, 0.3) is 0 Å². The van der Waals surface area contributed by atoms with Crippen molar-refractivity contribution in [1.29, 1.82) is 0 Å². The first-order chi connectivity index (χ1) is 13.9. The van der Waals surface area contributed by atoms with Gasteiger partial charge in [0, 0.05) is 19.0 Å². The number of nitrogens with zero attached hydrogens (tertiary/aromatic N) is 1. The van der Waals surface area contributed by atoms with Gasteiger partial charge in [-0.2, -0.15) is 0 Å². The predicted molar refractivity (Wildman–Crippen MR) is 110 cm³/mol. The van der Waals surface area contributed by atoms with E-state index < -0.39 is 0 Å². The summed E-state index contributed by atoms with van der Waals surface area (Å²) in [6.07, 6.45) is 1.40. The van der Waals surface area contributed by atoms with Gasteiger partial charge in [-0.15, -0.1) is 0 Å². The number of likely N-dealkylation sites (tertiary alicyclic amines) is 1. The Hall–Kier alpha value is -2.89. The molecule has 2 amide bonds. The Bertz CT molecular complexity index is 861. The van der Waals surface area contributed by atoms with Crippen LogP contribution in [0.25, 0.3) is 0 Å². The number of hydrogen-bond acceptors (Lipinski definition) is 3. The summed E-state index contributed by atoms with van der Waals surface area (Å²) in [6, 6.07) is 13.5. The molecule has 154 valence electrons. The van der Waals surface area contributed by atoms with Crippen molar-refractivity contribution in [2.75, 3.05) is 18.4 Å². The molecule has 5 nitrogen and oxygen atoms in total. The minimum absolute atomic E-state index is 0.0143. The zero-order valence-corrected chi connectivity index (χ0v) is 16.9. The highest BCUT2D eigenvalue weighted by Crippen LogP contribution is 2.27. The van der Waals surface area contributed by atoms with E-state index in [1.165, 1.54) is 12.1 Å². The fourth-order valence-corrected chi connectivity index (χ4v) is 3.49. The maximum atomic E-state index is 13.3. The molecule has 1 heterocycles. The molecule has 0 spiro atoms. The third-order valence-electron chi connectivity index (χ3n) is 4.97. The number of halogens is 1. The van der Waals surface area contributed by atoms with Crippen LogP contribution in [0.3, 0.4) is 0 Å². The fourth-order valence-electron chi connectivity index (χ4n) is 3.49. The molecule has 2 aromatic rings. The molecule has 0 unspecified atom stereocenters. The van der Waals surface area contributed by atoms with Crippen LogP contribution in [-0.2, 0) is 16.0 Å². The lowest BCUT2D eigenvalue weighted by Crippen LogP contribution is -2.42. The van der Waals surface area contributed by atoms with Crippen molar-refractivity contribution in [3.8, 4) is 5.75 Å². The normalized spacial score (nSPS) is 14.7. The van der Waals surface area contributed by atoms with Crippen LogP contribution in [0.1, 0.15) is 32.3 Å². The lowest BCUT2D eigenvalue weighted by molar-refractivity contribution is -0.133. The summed E-state index contributed by atoms with van der Waals surface area (Å²) in [5.74, 6) is 0.0680. The number of hydrogen-bond donors (Lipinski definition) is 1. The van der Waals surface area contributed by atoms with E-state index in [1.54, 1.807) is 17.0 Å². The van der Waals surface area contributed by atoms with Crippen molar-refractivity contribution in [2.24, 2.45) is 5.92 Å². The molecule has 0 saturated carbocycles. The summed E-state index contributed by atoms with van der Waals surface area (Å²) in [5.41, 5.74) is 1.33. The minimum atomic E-state index is -0.340. The van der Waals surface area contributed by atoms with Gasteiger partial charge in [0.1, 0.15) is 11.6 Å². The molecule has 1 fully saturated rings. The number of anilines is 1. The second-order valence-corrected chi connectivity index (χ2v) is 7.61. The molecule has 0 atom stereocenters. The average Bonchev–Trinajstić information content (AvgIpc) is 2.69. The standard InChI is InChI=1S/C23H27FN2O3/c1-16(2)29-21-9-4-3-8-20(21)25-23(28)18-10-12-26(13-11-18)22(27)15-17-6-5-7-19(24)14-17/h3-9,14,16,18H,10-13,15H2,1-2H3,(H,25,28). The Balaban J connectivity index is 1.53. The smallest absolute Gasteiger partial charge is 0.227 e. The van der Waals surface area contributed by atoms with Crippen LogP contribution in [0.15, 0.2) is 48.5 Å². The van der Waals surface area contributed by atoms with Gasteiger partial charge in [-0.1, -0.05) is 24.3 Å². The Morgan fingerprint density at radius 2 is 1.86 bits per heavy atom. The van der Waals surface area contributed by atoms with E-state index in [4.69, 9.17) is 4.74 Å². The highest BCUT2D eigenvalue weighted by Gasteiger charge is 2.27. The summed E-state index contributed by atoms with van der Waals surface area (Å²) >= 11 is 0. The van der Waals surface area contributed by atoms with Gasteiger partial charge in [0.05, 0.1) is 18.2 Å². The van der Waals surface area contributed by atoms with E-state index in [-0.39, 0.29) is 36.1 Å². The summed E-state index contributed by atoms with van der Waals surface area (Å²) < 4.78 is 19.1. The van der Waals surface area contributed by atoms with Gasteiger partial charge in [-0.25, -0.2) is 4.39 Å². The highest BCUT2D eigenvalue weighted by molar-refractivity contribution is 5.94. The van der Waals surface area contributed by atoms with E-state index in [1.807, 2.05) is 38.1 Å². The number of benzene rings is 2. The van der Waals surface area contributed by atoms with Crippen LogP contribution >= 0.6 is 0 Å². The monoisotopic (exact) mass is 398 g/mol. The molecule has 1 N–H and O–H groups in total. The molecule has 3 rings (SSSR count). The molecule has 0 radical (unpaired) electrons. The Kier molecular flexibility index (Phi) is 6.86. The second kappa shape index (κ2) is 9.54. The topological polar surface area (TPSA) is 58.6 Å². The fraction of sp³-hybridized carbons (Fsp3) is 0.391. The van der Waals surface area contributed by atoms with E-state index in [9.17, 15) is 14.0 Å². The third-order valence-corrected chi connectivity index (χ3v) is 4.97. The Morgan fingerprint density at radius 3 is 2.55 bits per heavy atom. The van der Waals surface area contributed by atoms with Crippen molar-refractivity contribution >= 4 is 17.5 Å². The number of ether oxygens (including phenoxy) is 1. The maximum absolute atomic E-state index is 13.3. The number of carbonyl (C=O) groups is 2. The first-order valence-corrected chi connectivity index (χ1v) is 10.0. The van der Waals surface area contributed by atoms with E-state index in [0.29, 0.717) is 42.9 Å². The number of para-hydroxylation sites is 2. The van der Waals surface area contributed by atoms with Gasteiger partial charge >= 0.3 is 0 Å². The lowest BCUT2D eigenvalue weighted by atomic mass is 9.95. The number of nitrogens with one attached hydrogen (secondary N) is 1. The Labute approximate surface area is 170 Å². The van der Waals surface area contributed by atoms with Crippen LogP contribution in [-0.4, -0.2) is 35.9 Å². The van der Waals surface area contributed by atoms with E-state index >= 15 is 0 Å². The molecule has 0 aliphatic carbocycles. The summed E-state index contributed by atoms with van der Waals surface area (Å²) in [6.45, 7) is 4.93. The Morgan fingerprint density at radius 1 is 1.14 bits per heavy atom. The average molecular weight is 398 g/mol. The quantitative estimate of drug-likeness (QED) is 0.799. The minimum Gasteiger partial charge on any atom is -0.489 e. The zero-order chi connectivity index (χ0) is 20.8. The second-order valence-electron chi connectivity index (χ2n) is 7.61. The van der Waals surface area contributed by atoms with Crippen LogP contribution in [0.5, 0.6) is 5.75 Å². The van der Waals surface area contributed by atoms with E-state index in [2.05, 4.69) is 5.32 Å². The largest absolute Gasteiger partial charge is 0.489 e. The van der Waals surface area contributed by atoms with Crippen molar-refractivity contribution < 1.29 is 18.7 Å². The molecular weight excluding hydrogens is 371 g/mol. The van der Waals surface area contributed by atoms with Crippen LogP contribution in [0, 0.1) is 11.7 Å². The molecular formula is C23H27FN2O3. The molecule has 29 heavy (non-hydrogen) atoms. The van der Waals surface area contributed by atoms with Crippen LogP contribution in [0.4, 0.5) is 10.1 Å². The highest BCUT2D eigenvalue weighted by atomic mass is 19.1. The van der Waals surface area contributed by atoms with Gasteiger partial charge in [0.2, 0.25) is 11.8 Å². The third kappa shape index (κ3) is 5.79. The lowest BCUT2D eigenvalue weighted by Gasteiger charge is -2.31. The summed E-state index contributed by atoms with van der Waals surface area (Å²) in [4.78, 5) is 26.9. The van der Waals surface area contributed by atoms with Gasteiger partial charge in [-0.3, -0.25) is 9.59 Å². The van der Waals surface area contributed by atoms with Gasteiger partial charge in [0.15, 0.2) is 0 Å². The van der Waals surface area contributed by atoms with Crippen molar-refractivity contribution in [3.05, 3.63) is 59.9 Å². The molecule has 2 aromatic carbocycles. The number of amides is 2. The zero-order valence-electron chi connectivity index (χ0n) is 16.9. The number of piperidine rings is 1. The predicted octanol–water partition coefficient (Wildman–Crippen LogP) is 4.03.